The van der Waals surface area contributed by atoms with Crippen molar-refractivity contribution in [2.75, 3.05) is 32.9 Å². The molecule has 55 heavy (non-hydrogen) atoms. The number of carbonyl (C=O) groups is 4. The average molecular weight is 770 g/mol. The van der Waals surface area contributed by atoms with Gasteiger partial charge >= 0.3 is 18.0 Å². The van der Waals surface area contributed by atoms with Crippen molar-refractivity contribution in [1.29, 1.82) is 0 Å². The van der Waals surface area contributed by atoms with E-state index in [0.29, 0.717) is 29.4 Å². The van der Waals surface area contributed by atoms with Crippen LogP contribution in [0.15, 0.2) is 65.5 Å². The van der Waals surface area contributed by atoms with Gasteiger partial charge in [-0.3, -0.25) is 14.4 Å². The van der Waals surface area contributed by atoms with Gasteiger partial charge in [0.25, 0.3) is 5.56 Å². The van der Waals surface area contributed by atoms with E-state index in [0.717, 1.165) is 25.7 Å². The Morgan fingerprint density at radius 1 is 1.05 bits per heavy atom. The lowest BCUT2D eigenvalue weighted by molar-refractivity contribution is -0.149. The van der Waals surface area contributed by atoms with Gasteiger partial charge in [0, 0.05) is 18.0 Å². The predicted molar refractivity (Wildman–Crippen MR) is 205 cm³/mol. The zero-order valence-corrected chi connectivity index (χ0v) is 32.2. The van der Waals surface area contributed by atoms with Gasteiger partial charge in [0.2, 0.25) is 11.8 Å². The highest BCUT2D eigenvalue weighted by atomic mass is 19.3. The van der Waals surface area contributed by atoms with Crippen LogP contribution in [0.25, 0.3) is 22.3 Å². The number of hydrogen-bond acceptors (Lipinski definition) is 9. The Hall–Kier alpha value is -5.34. The maximum Gasteiger partial charge on any atom is 0.407 e. The molecule has 0 radical (unpaired) electrons. The number of aromatic amines is 1. The van der Waals surface area contributed by atoms with Gasteiger partial charge in [-0.1, -0.05) is 77.0 Å². The molecule has 1 aliphatic rings. The Morgan fingerprint density at radius 2 is 1.82 bits per heavy atom. The number of alkyl halides is 2. The van der Waals surface area contributed by atoms with Crippen LogP contribution in [0.1, 0.15) is 73.1 Å². The number of fused-ring (bicyclic) bond motifs is 1. The number of ether oxygens (including phenoxy) is 3. The first-order chi connectivity index (χ1) is 26.4. The topological polar surface area (TPSA) is 169 Å². The van der Waals surface area contributed by atoms with Crippen LogP contribution in [0.4, 0.5) is 13.6 Å². The number of amides is 3. The number of halogens is 2. The fourth-order valence-electron chi connectivity index (χ4n) is 5.82. The van der Waals surface area contributed by atoms with E-state index in [1.807, 2.05) is 26.0 Å². The number of unbranched alkanes of at least 4 members (excludes halogenated alkanes) is 3. The second-order valence-electron chi connectivity index (χ2n) is 12.8. The molecule has 300 valence electrons. The van der Waals surface area contributed by atoms with Crippen LogP contribution in [0, 0.1) is 5.92 Å². The van der Waals surface area contributed by atoms with Crippen LogP contribution < -0.4 is 20.9 Å². The van der Waals surface area contributed by atoms with E-state index in [1.54, 1.807) is 44.2 Å². The second kappa shape index (κ2) is 22.1. The van der Waals surface area contributed by atoms with Gasteiger partial charge in [-0.15, -0.1) is 0 Å². The van der Waals surface area contributed by atoms with Crippen LogP contribution in [-0.2, 0) is 23.9 Å². The number of esters is 1. The van der Waals surface area contributed by atoms with Gasteiger partial charge in [0.1, 0.15) is 30.1 Å². The van der Waals surface area contributed by atoms with Gasteiger partial charge in [-0.25, -0.2) is 14.6 Å². The summed E-state index contributed by atoms with van der Waals surface area (Å²) in [6, 6.07) is 11.1. The van der Waals surface area contributed by atoms with E-state index in [9.17, 15) is 32.8 Å². The lowest BCUT2D eigenvalue weighted by atomic mass is 9.99. The zero-order valence-electron chi connectivity index (χ0n) is 32.2. The summed E-state index contributed by atoms with van der Waals surface area (Å²) in [5, 5.41) is 4.90. The number of nitrogens with one attached hydrogen (secondary N) is 3. The molecule has 2 heterocycles. The smallest absolute Gasteiger partial charge is 0.407 e. The number of likely N-dealkylation sites (tertiary alicyclic amines) is 1. The normalized spacial score (nSPS) is 15.1. The van der Waals surface area contributed by atoms with E-state index in [2.05, 4.69) is 32.3 Å². The van der Waals surface area contributed by atoms with Crippen molar-refractivity contribution in [1.82, 2.24) is 25.5 Å². The summed E-state index contributed by atoms with van der Waals surface area (Å²) >= 11 is 0. The SMILES string of the molecule is CC.CCCCC/C=C\C(C)C(NC(=O)C1CCCN1C(=O)CNC(=O)OCC(F)(F)COc1cccc(-c2nc3ccccc3[nH]c2=O)c1)C(=O)OCC. The molecule has 3 atom stereocenters. The Bertz CT molecular complexity index is 1820. The molecule has 0 aliphatic carbocycles. The van der Waals surface area contributed by atoms with Crippen LogP contribution in [0.5, 0.6) is 5.75 Å². The van der Waals surface area contributed by atoms with Crippen molar-refractivity contribution in [2.45, 2.75) is 91.1 Å². The third kappa shape index (κ3) is 13.5. The number of benzene rings is 2. The number of allylic oxidation sites excluding steroid dienone is 1. The molecule has 0 bridgehead atoms. The van der Waals surface area contributed by atoms with E-state index in [4.69, 9.17) is 9.47 Å². The van der Waals surface area contributed by atoms with Crippen LogP contribution in [-0.4, -0.2) is 89.7 Å². The Labute approximate surface area is 320 Å². The van der Waals surface area contributed by atoms with Crippen molar-refractivity contribution in [3.8, 4) is 17.0 Å². The summed E-state index contributed by atoms with van der Waals surface area (Å²) in [4.78, 5) is 72.3. The molecule has 0 spiro atoms. The van der Waals surface area contributed by atoms with Gasteiger partial charge in [0.05, 0.1) is 17.6 Å². The molecule has 3 N–H and O–H groups in total. The standard InChI is InChI=1S/C38H47F2N5O8.C2H6/c1-4-6-7-8-9-14-25(3)32(36(49)51-5-2)44-34(47)30-19-13-20-45(30)31(46)22-41-37(50)53-24-38(39,40)23-52-27-16-12-15-26(21-27)33-35(48)43-29-18-11-10-17-28(29)42-33;1-2/h9-12,14-18,21,25,30,32H,4-8,13,19-20,22-24H2,1-3H3,(H,41,50)(H,43,48)(H,44,47);1-2H3/b14-9-;. The van der Waals surface area contributed by atoms with Crippen LogP contribution >= 0.6 is 0 Å². The van der Waals surface area contributed by atoms with Crippen molar-refractivity contribution < 1.29 is 42.2 Å². The van der Waals surface area contributed by atoms with Crippen molar-refractivity contribution in [3.63, 3.8) is 0 Å². The molecule has 3 aromatic rings. The van der Waals surface area contributed by atoms with E-state index >= 15 is 0 Å². The van der Waals surface area contributed by atoms with Gasteiger partial charge in [-0.2, -0.15) is 8.78 Å². The number of H-pyrrole nitrogens is 1. The minimum absolute atomic E-state index is 0.0395. The lowest BCUT2D eigenvalue weighted by Crippen LogP contribution is -2.54. The fourth-order valence-corrected chi connectivity index (χ4v) is 5.82. The number of nitrogens with zero attached hydrogens (tertiary/aromatic N) is 2. The summed E-state index contributed by atoms with van der Waals surface area (Å²) in [7, 11) is 0. The molecule has 3 unspecified atom stereocenters. The van der Waals surface area contributed by atoms with Gasteiger partial charge < -0.3 is 34.7 Å². The Morgan fingerprint density at radius 3 is 2.56 bits per heavy atom. The molecule has 13 nitrogen and oxygen atoms in total. The van der Waals surface area contributed by atoms with Crippen molar-refractivity contribution in [3.05, 3.63) is 71.0 Å². The minimum Gasteiger partial charge on any atom is -0.487 e. The summed E-state index contributed by atoms with van der Waals surface area (Å²) < 4.78 is 44.4. The molecular formula is C40H53F2N5O8. The summed E-state index contributed by atoms with van der Waals surface area (Å²) in [5.74, 6) is -5.67. The molecule has 1 aliphatic heterocycles. The summed E-state index contributed by atoms with van der Waals surface area (Å²) in [6.07, 6.45) is 7.46. The van der Waals surface area contributed by atoms with E-state index < -0.39 is 67.2 Å². The molecule has 2 aromatic carbocycles. The number of hydrogen-bond donors (Lipinski definition) is 3. The minimum atomic E-state index is -3.61. The number of carbonyl (C=O) groups excluding carboxylic acids is 4. The van der Waals surface area contributed by atoms with E-state index in [-0.39, 0.29) is 30.5 Å². The van der Waals surface area contributed by atoms with Crippen molar-refractivity contribution in [2.24, 2.45) is 5.92 Å². The highest BCUT2D eigenvalue weighted by Crippen LogP contribution is 2.24. The summed E-state index contributed by atoms with van der Waals surface area (Å²) in [5.41, 5.74) is 1.09. The third-order valence-electron chi connectivity index (χ3n) is 8.61. The number of rotatable bonds is 18. The number of para-hydroxylation sites is 2. The maximum atomic E-state index is 14.6. The van der Waals surface area contributed by atoms with Crippen LogP contribution in [0.3, 0.4) is 0 Å². The van der Waals surface area contributed by atoms with Crippen LogP contribution in [0.2, 0.25) is 0 Å². The number of aromatic nitrogens is 2. The van der Waals surface area contributed by atoms with Gasteiger partial charge in [0.15, 0.2) is 13.2 Å². The molecule has 1 saturated heterocycles. The highest BCUT2D eigenvalue weighted by molar-refractivity contribution is 5.92. The maximum absolute atomic E-state index is 14.6. The molecule has 3 amide bonds. The Balaban J connectivity index is 0.00000399. The molecule has 1 aromatic heterocycles. The lowest BCUT2D eigenvalue weighted by Gasteiger charge is -2.27. The molecular weight excluding hydrogens is 716 g/mol. The predicted octanol–water partition coefficient (Wildman–Crippen LogP) is 6.17. The molecule has 0 saturated carbocycles. The van der Waals surface area contributed by atoms with Crippen molar-refractivity contribution >= 4 is 34.9 Å². The van der Waals surface area contributed by atoms with E-state index in [1.165, 1.54) is 23.1 Å². The number of alkyl carbamates (subject to hydrolysis) is 1. The summed E-state index contributed by atoms with van der Waals surface area (Å²) in [6.45, 7) is 6.86. The quantitative estimate of drug-likeness (QED) is 0.0779. The fraction of sp³-hybridized carbons (Fsp3) is 0.500. The second-order valence-corrected chi connectivity index (χ2v) is 12.8. The first kappa shape index (κ1) is 44.1. The average Bonchev–Trinajstić information content (AvgIpc) is 3.69. The van der Waals surface area contributed by atoms with Gasteiger partial charge in [-0.05, 0) is 56.9 Å². The highest BCUT2D eigenvalue weighted by Gasteiger charge is 2.37. The molecule has 1 fully saturated rings. The first-order valence-corrected chi connectivity index (χ1v) is 18.9. The largest absolute Gasteiger partial charge is 0.487 e. The first-order valence-electron chi connectivity index (χ1n) is 18.9. The Kier molecular flexibility index (Phi) is 17.7. The third-order valence-corrected chi connectivity index (χ3v) is 8.61. The molecule has 15 heteroatoms. The monoisotopic (exact) mass is 769 g/mol. The molecule has 4 rings (SSSR count). The zero-order chi connectivity index (χ0) is 40.4.